The summed E-state index contributed by atoms with van der Waals surface area (Å²) in [5, 5.41) is 12.5. The van der Waals surface area contributed by atoms with E-state index in [9.17, 15) is 9.90 Å². The van der Waals surface area contributed by atoms with Crippen molar-refractivity contribution in [3.63, 3.8) is 0 Å². The van der Waals surface area contributed by atoms with Gasteiger partial charge < -0.3 is 5.11 Å². The SMILES string of the molecule is CC(C)c1ccc(CNC(C(=O)O)c2ccccc2)cc1. The lowest BCUT2D eigenvalue weighted by atomic mass is 10.0. The second-order valence-electron chi connectivity index (χ2n) is 5.46. The molecule has 3 heteroatoms. The number of carboxylic acid groups (broad SMARTS) is 1. The molecule has 0 aromatic heterocycles. The van der Waals surface area contributed by atoms with E-state index in [1.54, 1.807) is 0 Å². The maximum atomic E-state index is 11.4. The van der Waals surface area contributed by atoms with Gasteiger partial charge in [-0.25, -0.2) is 0 Å². The molecule has 0 aliphatic rings. The number of carboxylic acids is 1. The summed E-state index contributed by atoms with van der Waals surface area (Å²) in [5.41, 5.74) is 3.14. The molecule has 1 unspecified atom stereocenters. The number of carbonyl (C=O) groups is 1. The van der Waals surface area contributed by atoms with Crippen molar-refractivity contribution in [1.29, 1.82) is 0 Å². The normalized spacial score (nSPS) is 12.3. The minimum Gasteiger partial charge on any atom is -0.480 e. The second kappa shape index (κ2) is 7.04. The van der Waals surface area contributed by atoms with Crippen molar-refractivity contribution in [1.82, 2.24) is 5.32 Å². The Morgan fingerprint density at radius 3 is 2.14 bits per heavy atom. The van der Waals surface area contributed by atoms with Crippen molar-refractivity contribution in [2.24, 2.45) is 0 Å². The van der Waals surface area contributed by atoms with E-state index in [-0.39, 0.29) is 0 Å². The zero-order valence-electron chi connectivity index (χ0n) is 12.4. The number of benzene rings is 2. The first-order chi connectivity index (χ1) is 10.1. The highest BCUT2D eigenvalue weighted by molar-refractivity contribution is 5.75. The molecule has 0 spiro atoms. The van der Waals surface area contributed by atoms with Crippen LogP contribution in [0.25, 0.3) is 0 Å². The number of nitrogens with one attached hydrogen (secondary N) is 1. The van der Waals surface area contributed by atoms with Gasteiger partial charge in [0.05, 0.1) is 0 Å². The van der Waals surface area contributed by atoms with Gasteiger partial charge in [0, 0.05) is 6.54 Å². The lowest BCUT2D eigenvalue weighted by Gasteiger charge is -2.15. The zero-order valence-corrected chi connectivity index (χ0v) is 12.4. The van der Waals surface area contributed by atoms with Crippen molar-refractivity contribution in [3.8, 4) is 0 Å². The zero-order chi connectivity index (χ0) is 15.2. The van der Waals surface area contributed by atoms with Crippen LogP contribution in [0.3, 0.4) is 0 Å². The highest BCUT2D eigenvalue weighted by atomic mass is 16.4. The van der Waals surface area contributed by atoms with Crippen LogP contribution in [0.5, 0.6) is 0 Å². The third-order valence-electron chi connectivity index (χ3n) is 3.54. The molecule has 21 heavy (non-hydrogen) atoms. The molecule has 2 rings (SSSR count). The maximum Gasteiger partial charge on any atom is 0.325 e. The van der Waals surface area contributed by atoms with Crippen molar-refractivity contribution in [2.45, 2.75) is 32.4 Å². The van der Waals surface area contributed by atoms with Gasteiger partial charge in [0.1, 0.15) is 6.04 Å². The van der Waals surface area contributed by atoms with Crippen LogP contribution in [0.2, 0.25) is 0 Å². The third-order valence-corrected chi connectivity index (χ3v) is 3.54. The van der Waals surface area contributed by atoms with Crippen LogP contribution in [-0.4, -0.2) is 11.1 Å². The van der Waals surface area contributed by atoms with Crippen LogP contribution in [0.4, 0.5) is 0 Å². The van der Waals surface area contributed by atoms with E-state index < -0.39 is 12.0 Å². The van der Waals surface area contributed by atoms with E-state index in [2.05, 4.69) is 31.3 Å². The fourth-order valence-corrected chi connectivity index (χ4v) is 2.23. The molecule has 0 aliphatic heterocycles. The van der Waals surface area contributed by atoms with Crippen molar-refractivity contribution >= 4 is 5.97 Å². The van der Waals surface area contributed by atoms with Crippen molar-refractivity contribution < 1.29 is 9.90 Å². The van der Waals surface area contributed by atoms with Gasteiger partial charge in [-0.15, -0.1) is 0 Å². The predicted molar refractivity (Wildman–Crippen MR) is 84.2 cm³/mol. The second-order valence-corrected chi connectivity index (χ2v) is 5.46. The molecule has 0 saturated carbocycles. The first-order valence-corrected chi connectivity index (χ1v) is 7.18. The molecule has 0 fully saturated rings. The van der Waals surface area contributed by atoms with E-state index >= 15 is 0 Å². The first kappa shape index (κ1) is 15.3. The summed E-state index contributed by atoms with van der Waals surface area (Å²) in [6.07, 6.45) is 0. The predicted octanol–water partition coefficient (Wildman–Crippen LogP) is 3.73. The summed E-state index contributed by atoms with van der Waals surface area (Å²) in [6, 6.07) is 16.8. The molecular weight excluding hydrogens is 262 g/mol. The number of rotatable bonds is 6. The Labute approximate surface area is 125 Å². The summed E-state index contributed by atoms with van der Waals surface area (Å²) in [5.74, 6) is -0.358. The van der Waals surface area contributed by atoms with E-state index in [0.717, 1.165) is 11.1 Å². The minimum absolute atomic E-state index is 0.503. The van der Waals surface area contributed by atoms with Gasteiger partial charge >= 0.3 is 5.97 Å². The smallest absolute Gasteiger partial charge is 0.325 e. The molecule has 2 aromatic rings. The van der Waals surface area contributed by atoms with Crippen LogP contribution in [-0.2, 0) is 11.3 Å². The average Bonchev–Trinajstić information content (AvgIpc) is 2.48. The summed E-state index contributed by atoms with van der Waals surface area (Å²) >= 11 is 0. The lowest BCUT2D eigenvalue weighted by molar-refractivity contribution is -0.139. The van der Waals surface area contributed by atoms with Gasteiger partial charge in [0.15, 0.2) is 0 Å². The lowest BCUT2D eigenvalue weighted by Crippen LogP contribution is -2.28. The minimum atomic E-state index is -0.861. The Kier molecular flexibility index (Phi) is 5.12. The van der Waals surface area contributed by atoms with Gasteiger partial charge in [-0.05, 0) is 22.6 Å². The highest BCUT2D eigenvalue weighted by Crippen LogP contribution is 2.16. The van der Waals surface area contributed by atoms with Gasteiger partial charge in [-0.3, -0.25) is 10.1 Å². The van der Waals surface area contributed by atoms with Gasteiger partial charge in [-0.1, -0.05) is 68.4 Å². The Morgan fingerprint density at radius 2 is 1.62 bits per heavy atom. The summed E-state index contributed by atoms with van der Waals surface area (Å²) in [4.78, 5) is 11.4. The molecule has 0 amide bonds. The summed E-state index contributed by atoms with van der Waals surface area (Å²) < 4.78 is 0. The largest absolute Gasteiger partial charge is 0.480 e. The van der Waals surface area contributed by atoms with Crippen molar-refractivity contribution in [3.05, 3.63) is 71.3 Å². The highest BCUT2D eigenvalue weighted by Gasteiger charge is 2.18. The van der Waals surface area contributed by atoms with Crippen LogP contribution < -0.4 is 5.32 Å². The van der Waals surface area contributed by atoms with Crippen LogP contribution in [0.15, 0.2) is 54.6 Å². The summed E-state index contributed by atoms with van der Waals surface area (Å²) in [7, 11) is 0. The molecule has 2 aromatic carbocycles. The molecule has 1 atom stereocenters. The molecule has 0 radical (unpaired) electrons. The molecule has 0 aliphatic carbocycles. The maximum absolute atomic E-state index is 11.4. The molecule has 3 nitrogen and oxygen atoms in total. The number of hydrogen-bond donors (Lipinski definition) is 2. The first-order valence-electron chi connectivity index (χ1n) is 7.18. The molecule has 0 heterocycles. The fraction of sp³-hybridized carbons (Fsp3) is 0.278. The van der Waals surface area contributed by atoms with E-state index in [4.69, 9.17) is 0 Å². The third kappa shape index (κ3) is 4.17. The Morgan fingerprint density at radius 1 is 1.00 bits per heavy atom. The van der Waals surface area contributed by atoms with Crippen LogP contribution in [0, 0.1) is 0 Å². The van der Waals surface area contributed by atoms with Crippen LogP contribution >= 0.6 is 0 Å². The van der Waals surface area contributed by atoms with Crippen molar-refractivity contribution in [2.75, 3.05) is 0 Å². The van der Waals surface area contributed by atoms with Gasteiger partial charge in [0.25, 0.3) is 0 Å². The molecule has 0 bridgehead atoms. The fourth-order valence-electron chi connectivity index (χ4n) is 2.23. The average molecular weight is 283 g/mol. The molecule has 0 saturated heterocycles. The van der Waals surface area contributed by atoms with Crippen LogP contribution in [0.1, 0.15) is 42.5 Å². The van der Waals surface area contributed by atoms with Gasteiger partial charge in [0.2, 0.25) is 0 Å². The van der Waals surface area contributed by atoms with Gasteiger partial charge in [-0.2, -0.15) is 0 Å². The Hall–Kier alpha value is -2.13. The molecule has 110 valence electrons. The quantitative estimate of drug-likeness (QED) is 0.849. The standard InChI is InChI=1S/C18H21NO2/c1-13(2)15-10-8-14(9-11-15)12-19-17(18(20)21)16-6-4-3-5-7-16/h3-11,13,17,19H,12H2,1-2H3,(H,20,21). The van der Waals surface area contributed by atoms with E-state index in [1.807, 2.05) is 42.5 Å². The van der Waals surface area contributed by atoms with E-state index in [0.29, 0.717) is 12.5 Å². The Balaban J connectivity index is 2.04. The molecule has 2 N–H and O–H groups in total. The number of aliphatic carboxylic acids is 1. The van der Waals surface area contributed by atoms with E-state index in [1.165, 1.54) is 5.56 Å². The topological polar surface area (TPSA) is 49.3 Å². The number of hydrogen-bond acceptors (Lipinski definition) is 2. The molecular formula is C18H21NO2. The summed E-state index contributed by atoms with van der Waals surface area (Å²) in [6.45, 7) is 4.84. The Bertz CT molecular complexity index is 576. The monoisotopic (exact) mass is 283 g/mol.